The summed E-state index contributed by atoms with van der Waals surface area (Å²) in [5.41, 5.74) is 7.09. The van der Waals surface area contributed by atoms with Gasteiger partial charge in [0.1, 0.15) is 5.69 Å². The van der Waals surface area contributed by atoms with Gasteiger partial charge in [0, 0.05) is 7.05 Å². The number of aromatic nitrogens is 2. The number of nitrogens with zero attached hydrogens (tertiary/aromatic N) is 2. The molecule has 1 heterocycles. The predicted octanol–water partition coefficient (Wildman–Crippen LogP) is 2.52. The lowest BCUT2D eigenvalue weighted by atomic mass is 10.0. The molecular weight excluding hydrogens is 320 g/mol. The number of ether oxygens (including phenoxy) is 1. The molecule has 1 aromatic heterocycles. The lowest BCUT2D eigenvalue weighted by Crippen LogP contribution is -2.18. The van der Waals surface area contributed by atoms with E-state index in [2.05, 4.69) is 21.0 Å². The molecule has 1 aromatic carbocycles. The molecule has 0 amide bonds. The van der Waals surface area contributed by atoms with E-state index in [4.69, 9.17) is 10.5 Å². The zero-order chi connectivity index (χ0) is 14.2. The fraction of sp³-hybridized carbons (Fsp3) is 0.250. The largest absolute Gasteiger partial charge is 0.493 e. The minimum Gasteiger partial charge on any atom is -0.493 e. The molecule has 0 saturated heterocycles. The van der Waals surface area contributed by atoms with Crippen LogP contribution >= 0.6 is 15.9 Å². The second-order valence-electron chi connectivity index (χ2n) is 3.96. The molecule has 1 atom stereocenters. The van der Waals surface area contributed by atoms with Crippen LogP contribution in [0.1, 0.15) is 17.3 Å². The minimum absolute atomic E-state index is 0.00301. The highest BCUT2D eigenvalue weighted by Gasteiger charge is 2.23. The molecule has 2 aromatic rings. The first-order chi connectivity index (χ1) is 8.97. The topological polar surface area (TPSA) is 53.1 Å². The Hall–Kier alpha value is -1.47. The van der Waals surface area contributed by atoms with Crippen LogP contribution in [0, 0.1) is 11.6 Å². The highest BCUT2D eigenvalue weighted by Crippen LogP contribution is 2.33. The summed E-state index contributed by atoms with van der Waals surface area (Å²) in [6.07, 6.45) is 1.52. The molecule has 0 bridgehead atoms. The Morgan fingerprint density at radius 3 is 2.74 bits per heavy atom. The van der Waals surface area contributed by atoms with Gasteiger partial charge in [-0.15, -0.1) is 0 Å². The molecule has 7 heteroatoms. The molecule has 0 aliphatic rings. The van der Waals surface area contributed by atoms with E-state index in [0.717, 1.165) is 6.07 Å². The average Bonchev–Trinajstić information content (AvgIpc) is 2.76. The van der Waals surface area contributed by atoms with E-state index in [1.54, 1.807) is 7.05 Å². The molecule has 102 valence electrons. The highest BCUT2D eigenvalue weighted by atomic mass is 79.9. The third kappa shape index (κ3) is 2.35. The lowest BCUT2D eigenvalue weighted by Gasteiger charge is -2.16. The molecule has 2 N–H and O–H groups in total. The summed E-state index contributed by atoms with van der Waals surface area (Å²) in [5, 5.41) is 4.03. The van der Waals surface area contributed by atoms with Gasteiger partial charge in [-0.2, -0.15) is 5.10 Å². The summed E-state index contributed by atoms with van der Waals surface area (Å²) in [4.78, 5) is 0. The first kappa shape index (κ1) is 14.0. The van der Waals surface area contributed by atoms with Gasteiger partial charge < -0.3 is 10.5 Å². The summed E-state index contributed by atoms with van der Waals surface area (Å²) in [6, 6.07) is 1.78. The Bertz CT molecular complexity index is 615. The smallest absolute Gasteiger partial charge is 0.173 e. The van der Waals surface area contributed by atoms with Crippen molar-refractivity contribution >= 4 is 15.9 Å². The summed E-state index contributed by atoms with van der Waals surface area (Å²) in [6.45, 7) is 0. The van der Waals surface area contributed by atoms with E-state index < -0.39 is 17.7 Å². The maximum absolute atomic E-state index is 13.5. The maximum Gasteiger partial charge on any atom is 0.173 e. The normalized spacial score (nSPS) is 12.5. The van der Waals surface area contributed by atoms with Crippen LogP contribution in [0.25, 0.3) is 0 Å². The van der Waals surface area contributed by atoms with Gasteiger partial charge in [0.2, 0.25) is 0 Å². The molecule has 0 aliphatic heterocycles. The predicted molar refractivity (Wildman–Crippen MR) is 69.8 cm³/mol. The Morgan fingerprint density at radius 2 is 2.11 bits per heavy atom. The van der Waals surface area contributed by atoms with Crippen molar-refractivity contribution in [1.29, 1.82) is 0 Å². The van der Waals surface area contributed by atoms with E-state index in [0.29, 0.717) is 17.0 Å². The molecule has 2 rings (SSSR count). The summed E-state index contributed by atoms with van der Waals surface area (Å²) >= 11 is 3.02. The number of methoxy groups -OCH3 is 1. The van der Waals surface area contributed by atoms with Crippen molar-refractivity contribution in [2.45, 2.75) is 6.04 Å². The van der Waals surface area contributed by atoms with E-state index >= 15 is 0 Å². The molecule has 0 saturated carbocycles. The van der Waals surface area contributed by atoms with Crippen molar-refractivity contribution in [3.8, 4) is 5.75 Å². The number of benzene rings is 1. The Morgan fingerprint density at radius 1 is 1.42 bits per heavy atom. The van der Waals surface area contributed by atoms with Crippen LogP contribution < -0.4 is 10.5 Å². The number of hydrogen-bond acceptors (Lipinski definition) is 3. The maximum atomic E-state index is 13.5. The van der Waals surface area contributed by atoms with Crippen molar-refractivity contribution in [1.82, 2.24) is 9.78 Å². The standard InChI is InChI=1S/C12H12BrF2N3O/c1-18-12(8(19-2)5-17-18)11(16)6-3-4-7(14)10(15)9(6)13/h3-5,11H,16H2,1-2H3. The molecule has 1 unspecified atom stereocenters. The number of rotatable bonds is 3. The molecule has 0 aliphatic carbocycles. The van der Waals surface area contributed by atoms with Crippen LogP contribution in [0.2, 0.25) is 0 Å². The molecule has 19 heavy (non-hydrogen) atoms. The minimum atomic E-state index is -0.964. The highest BCUT2D eigenvalue weighted by molar-refractivity contribution is 9.10. The second kappa shape index (κ2) is 5.26. The fourth-order valence-electron chi connectivity index (χ4n) is 1.87. The van der Waals surface area contributed by atoms with Gasteiger partial charge >= 0.3 is 0 Å². The van der Waals surface area contributed by atoms with E-state index in [9.17, 15) is 8.78 Å². The average molecular weight is 332 g/mol. The van der Waals surface area contributed by atoms with Crippen molar-refractivity contribution in [3.63, 3.8) is 0 Å². The third-order valence-corrected chi connectivity index (χ3v) is 3.67. The number of nitrogens with two attached hydrogens (primary N) is 1. The van der Waals surface area contributed by atoms with Crippen molar-refractivity contribution in [3.05, 3.63) is 45.7 Å². The van der Waals surface area contributed by atoms with Crippen LogP contribution in [0.3, 0.4) is 0 Å². The molecule has 4 nitrogen and oxygen atoms in total. The van der Waals surface area contributed by atoms with Crippen LogP contribution in [0.15, 0.2) is 22.8 Å². The van der Waals surface area contributed by atoms with Crippen molar-refractivity contribution in [2.24, 2.45) is 12.8 Å². The van der Waals surface area contributed by atoms with Gasteiger partial charge in [-0.25, -0.2) is 8.78 Å². The van der Waals surface area contributed by atoms with E-state index in [1.165, 1.54) is 24.1 Å². The van der Waals surface area contributed by atoms with Crippen molar-refractivity contribution in [2.75, 3.05) is 7.11 Å². The van der Waals surface area contributed by atoms with Gasteiger partial charge in [0.05, 0.1) is 23.8 Å². The van der Waals surface area contributed by atoms with Gasteiger partial charge in [-0.05, 0) is 27.6 Å². The van der Waals surface area contributed by atoms with Crippen LogP contribution in [-0.2, 0) is 7.05 Å². The zero-order valence-electron chi connectivity index (χ0n) is 10.3. The van der Waals surface area contributed by atoms with Crippen LogP contribution in [0.4, 0.5) is 8.78 Å². The quantitative estimate of drug-likeness (QED) is 0.879. The van der Waals surface area contributed by atoms with Crippen LogP contribution in [-0.4, -0.2) is 16.9 Å². The summed E-state index contributed by atoms with van der Waals surface area (Å²) in [7, 11) is 3.19. The SMILES string of the molecule is COc1cnn(C)c1C(N)c1ccc(F)c(F)c1Br. The number of halogens is 3. The Balaban J connectivity index is 2.53. The van der Waals surface area contributed by atoms with Gasteiger partial charge in [0.15, 0.2) is 17.4 Å². The number of aryl methyl sites for hydroxylation is 1. The monoisotopic (exact) mass is 331 g/mol. The zero-order valence-corrected chi connectivity index (χ0v) is 11.9. The molecule has 0 radical (unpaired) electrons. The Labute approximate surface area is 117 Å². The second-order valence-corrected chi connectivity index (χ2v) is 4.76. The summed E-state index contributed by atoms with van der Waals surface area (Å²) in [5.74, 6) is -1.40. The fourth-order valence-corrected chi connectivity index (χ4v) is 2.44. The molecule has 0 spiro atoms. The van der Waals surface area contributed by atoms with Crippen LogP contribution in [0.5, 0.6) is 5.75 Å². The van der Waals surface area contributed by atoms with Crippen molar-refractivity contribution < 1.29 is 13.5 Å². The van der Waals surface area contributed by atoms with E-state index in [1.807, 2.05) is 0 Å². The third-order valence-electron chi connectivity index (χ3n) is 2.86. The molecule has 0 fully saturated rings. The first-order valence-electron chi connectivity index (χ1n) is 5.42. The Kier molecular flexibility index (Phi) is 3.86. The lowest BCUT2D eigenvalue weighted by molar-refractivity contribution is 0.405. The summed E-state index contributed by atoms with van der Waals surface area (Å²) < 4.78 is 33.3. The van der Waals surface area contributed by atoms with Gasteiger partial charge in [-0.3, -0.25) is 4.68 Å². The molecular formula is C12H12BrF2N3O. The van der Waals surface area contributed by atoms with Gasteiger partial charge in [-0.1, -0.05) is 6.07 Å². The van der Waals surface area contributed by atoms with Gasteiger partial charge in [0.25, 0.3) is 0 Å². The van der Waals surface area contributed by atoms with E-state index in [-0.39, 0.29) is 4.47 Å². The first-order valence-corrected chi connectivity index (χ1v) is 6.21. The number of hydrogen-bond donors (Lipinski definition) is 1.